The van der Waals surface area contributed by atoms with E-state index in [0.717, 1.165) is 29.1 Å². The zero-order chi connectivity index (χ0) is 21.8. The molecule has 6 heteroatoms. The minimum Gasteiger partial charge on any atom is -0.497 e. The van der Waals surface area contributed by atoms with Gasteiger partial charge < -0.3 is 15.0 Å². The number of carbonyl (C=O) groups excluding carboxylic acids is 2. The Morgan fingerprint density at radius 3 is 2.37 bits per heavy atom. The summed E-state index contributed by atoms with van der Waals surface area (Å²) in [5.74, 6) is 0.925. The monoisotopic (exact) mass is 428 g/mol. The van der Waals surface area contributed by atoms with Crippen molar-refractivity contribution in [1.29, 1.82) is 0 Å². The Bertz CT molecular complexity index is 781. The molecule has 0 aliphatic rings. The van der Waals surface area contributed by atoms with Crippen LogP contribution in [-0.2, 0) is 16.1 Å². The maximum atomic E-state index is 13.2. The van der Waals surface area contributed by atoms with Crippen LogP contribution in [0.5, 0.6) is 5.75 Å². The molecule has 2 amide bonds. The molecule has 2 rings (SSSR count). The summed E-state index contributed by atoms with van der Waals surface area (Å²) in [5.41, 5.74) is 0.966. The zero-order valence-corrected chi connectivity index (χ0v) is 18.9. The average molecular weight is 429 g/mol. The van der Waals surface area contributed by atoms with Gasteiger partial charge in [0.15, 0.2) is 0 Å². The molecule has 0 heterocycles. The maximum Gasteiger partial charge on any atom is 0.242 e. The lowest BCUT2D eigenvalue weighted by Crippen LogP contribution is -2.49. The molecule has 0 unspecified atom stereocenters. The van der Waals surface area contributed by atoms with Crippen LogP contribution in [0.4, 0.5) is 0 Å². The Labute approximate surface area is 184 Å². The van der Waals surface area contributed by atoms with Gasteiger partial charge in [0.1, 0.15) is 11.8 Å². The van der Waals surface area contributed by atoms with Gasteiger partial charge in [-0.05, 0) is 42.7 Å². The molecule has 0 saturated carbocycles. The first-order valence-corrected chi connectivity index (χ1v) is 11.5. The summed E-state index contributed by atoms with van der Waals surface area (Å²) in [5, 5.41) is 2.99. The van der Waals surface area contributed by atoms with Gasteiger partial charge in [-0.15, -0.1) is 11.8 Å². The second kappa shape index (κ2) is 13.0. The second-order valence-corrected chi connectivity index (χ2v) is 8.09. The van der Waals surface area contributed by atoms with Crippen molar-refractivity contribution in [3.63, 3.8) is 0 Å². The number of benzene rings is 2. The summed E-state index contributed by atoms with van der Waals surface area (Å²) < 4.78 is 5.22. The fraction of sp³-hybridized carbons (Fsp3) is 0.417. The first-order valence-electron chi connectivity index (χ1n) is 10.5. The lowest BCUT2D eigenvalue weighted by molar-refractivity contribution is -0.139. The van der Waals surface area contributed by atoms with Gasteiger partial charge in [-0.25, -0.2) is 0 Å². The van der Waals surface area contributed by atoms with Crippen molar-refractivity contribution in [1.82, 2.24) is 10.2 Å². The molecule has 0 bridgehead atoms. The summed E-state index contributed by atoms with van der Waals surface area (Å²) in [6.45, 7) is 5.06. The molecule has 0 aromatic heterocycles. The Balaban J connectivity index is 2.15. The van der Waals surface area contributed by atoms with Crippen LogP contribution in [0, 0.1) is 0 Å². The number of hydrogen-bond donors (Lipinski definition) is 1. The molecular weight excluding hydrogens is 396 g/mol. The van der Waals surface area contributed by atoms with Crippen LogP contribution in [0.1, 0.15) is 38.7 Å². The van der Waals surface area contributed by atoms with E-state index in [4.69, 9.17) is 4.74 Å². The number of carbonyl (C=O) groups is 2. The lowest BCUT2D eigenvalue weighted by Gasteiger charge is -2.30. The van der Waals surface area contributed by atoms with Crippen molar-refractivity contribution < 1.29 is 14.3 Å². The normalized spacial score (nSPS) is 11.6. The molecule has 0 spiro atoms. The standard InChI is InChI=1S/C24H32N2O3S/c1-4-6-16-25-24(28)22(5-2)26(17-19-12-14-20(29-3)15-13-19)23(27)18-30-21-10-8-7-9-11-21/h7-15,22H,4-6,16-18H2,1-3H3,(H,25,28)/t22-/m1/s1. The van der Waals surface area contributed by atoms with Crippen molar-refractivity contribution in [2.45, 2.75) is 50.6 Å². The maximum absolute atomic E-state index is 13.2. The summed E-state index contributed by atoms with van der Waals surface area (Å²) >= 11 is 1.49. The Morgan fingerprint density at radius 1 is 1.07 bits per heavy atom. The van der Waals surface area contributed by atoms with Crippen LogP contribution in [0.3, 0.4) is 0 Å². The van der Waals surface area contributed by atoms with Crippen LogP contribution < -0.4 is 10.1 Å². The van der Waals surface area contributed by atoms with Crippen molar-refractivity contribution in [2.75, 3.05) is 19.4 Å². The smallest absolute Gasteiger partial charge is 0.242 e. The minimum absolute atomic E-state index is 0.0443. The van der Waals surface area contributed by atoms with E-state index in [1.54, 1.807) is 12.0 Å². The number of methoxy groups -OCH3 is 1. The van der Waals surface area contributed by atoms with E-state index in [1.165, 1.54) is 11.8 Å². The predicted octanol–water partition coefficient (Wildman–Crippen LogP) is 4.51. The van der Waals surface area contributed by atoms with Crippen molar-refractivity contribution in [3.05, 3.63) is 60.2 Å². The quantitative estimate of drug-likeness (QED) is 0.399. The highest BCUT2D eigenvalue weighted by molar-refractivity contribution is 8.00. The van der Waals surface area contributed by atoms with E-state index in [-0.39, 0.29) is 11.8 Å². The fourth-order valence-electron chi connectivity index (χ4n) is 3.10. The Kier molecular flexibility index (Phi) is 10.3. The largest absolute Gasteiger partial charge is 0.497 e. The molecule has 30 heavy (non-hydrogen) atoms. The molecule has 2 aromatic rings. The third-order valence-corrected chi connectivity index (χ3v) is 5.83. The first-order chi connectivity index (χ1) is 14.6. The lowest BCUT2D eigenvalue weighted by atomic mass is 10.1. The van der Waals surface area contributed by atoms with Gasteiger partial charge in [0.25, 0.3) is 0 Å². The number of rotatable bonds is 12. The number of nitrogens with zero attached hydrogens (tertiary/aromatic N) is 1. The number of unbranched alkanes of at least 4 members (excludes halogenated alkanes) is 1. The van der Waals surface area contributed by atoms with Crippen molar-refractivity contribution in [2.24, 2.45) is 0 Å². The van der Waals surface area contributed by atoms with Crippen LogP contribution in [-0.4, -0.2) is 42.2 Å². The van der Waals surface area contributed by atoms with Gasteiger partial charge in [0.05, 0.1) is 12.9 Å². The number of hydrogen-bond acceptors (Lipinski definition) is 4. The van der Waals surface area contributed by atoms with Crippen LogP contribution >= 0.6 is 11.8 Å². The summed E-state index contributed by atoms with van der Waals surface area (Å²) in [6, 6.07) is 17.0. The molecule has 0 aliphatic heterocycles. The fourth-order valence-corrected chi connectivity index (χ4v) is 3.90. The van der Waals surface area contributed by atoms with E-state index in [0.29, 0.717) is 25.3 Å². The summed E-state index contributed by atoms with van der Waals surface area (Å²) in [4.78, 5) is 28.8. The molecular formula is C24H32N2O3S. The molecule has 2 aromatic carbocycles. The minimum atomic E-state index is -0.493. The highest BCUT2D eigenvalue weighted by Crippen LogP contribution is 2.21. The van der Waals surface area contributed by atoms with Crippen molar-refractivity contribution >= 4 is 23.6 Å². The van der Waals surface area contributed by atoms with E-state index < -0.39 is 6.04 Å². The summed E-state index contributed by atoms with van der Waals surface area (Å²) in [7, 11) is 1.62. The molecule has 0 fully saturated rings. The number of amides is 2. The molecule has 1 N–H and O–H groups in total. The molecule has 0 saturated heterocycles. The highest BCUT2D eigenvalue weighted by Gasteiger charge is 2.28. The van der Waals surface area contributed by atoms with E-state index in [2.05, 4.69) is 12.2 Å². The van der Waals surface area contributed by atoms with Crippen LogP contribution in [0.15, 0.2) is 59.5 Å². The number of thioether (sulfide) groups is 1. The third-order valence-electron chi connectivity index (χ3n) is 4.83. The van der Waals surface area contributed by atoms with Gasteiger partial charge in [-0.1, -0.05) is 50.6 Å². The van der Waals surface area contributed by atoms with Gasteiger partial charge in [-0.2, -0.15) is 0 Å². The Hall–Kier alpha value is -2.47. The molecule has 0 aliphatic carbocycles. The topological polar surface area (TPSA) is 58.6 Å². The highest BCUT2D eigenvalue weighted by atomic mass is 32.2. The van der Waals surface area contributed by atoms with Gasteiger partial charge >= 0.3 is 0 Å². The van der Waals surface area contributed by atoms with Crippen LogP contribution in [0.2, 0.25) is 0 Å². The summed E-state index contributed by atoms with van der Waals surface area (Å²) in [6.07, 6.45) is 2.51. The van der Waals surface area contributed by atoms with Gasteiger partial charge in [0.2, 0.25) is 11.8 Å². The van der Waals surface area contributed by atoms with E-state index in [1.807, 2.05) is 61.5 Å². The average Bonchev–Trinajstić information content (AvgIpc) is 2.78. The van der Waals surface area contributed by atoms with Gasteiger partial charge in [0, 0.05) is 18.0 Å². The SMILES string of the molecule is CCCCNC(=O)[C@@H](CC)N(Cc1ccc(OC)cc1)C(=O)CSc1ccccc1. The van der Waals surface area contributed by atoms with E-state index >= 15 is 0 Å². The van der Waals surface area contributed by atoms with Crippen LogP contribution in [0.25, 0.3) is 0 Å². The predicted molar refractivity (Wildman–Crippen MR) is 123 cm³/mol. The van der Waals surface area contributed by atoms with E-state index in [9.17, 15) is 9.59 Å². The van der Waals surface area contributed by atoms with Gasteiger partial charge in [-0.3, -0.25) is 9.59 Å². The second-order valence-electron chi connectivity index (χ2n) is 7.04. The molecule has 162 valence electrons. The number of ether oxygens (including phenoxy) is 1. The molecule has 5 nitrogen and oxygen atoms in total. The van der Waals surface area contributed by atoms with Crippen molar-refractivity contribution in [3.8, 4) is 5.75 Å². The molecule has 0 radical (unpaired) electrons. The Morgan fingerprint density at radius 2 is 1.77 bits per heavy atom. The zero-order valence-electron chi connectivity index (χ0n) is 18.1. The number of nitrogens with one attached hydrogen (secondary N) is 1. The third kappa shape index (κ3) is 7.41. The first kappa shape index (κ1) is 23.8. The molecule has 1 atom stereocenters.